The number of carboxylic acid groups (broad SMARTS) is 1. The molecule has 0 spiro atoms. The van der Waals surface area contributed by atoms with Crippen LogP contribution < -0.4 is 5.32 Å². The van der Waals surface area contributed by atoms with E-state index in [-0.39, 0.29) is 5.91 Å². The van der Waals surface area contributed by atoms with Crippen molar-refractivity contribution >= 4 is 40.7 Å². The number of nitrogens with one attached hydrogen (secondary N) is 1. The predicted molar refractivity (Wildman–Crippen MR) is 107 cm³/mol. The van der Waals surface area contributed by atoms with Gasteiger partial charge in [0.25, 0.3) is 5.91 Å². The summed E-state index contributed by atoms with van der Waals surface area (Å²) in [6, 6.07) is 11.5. The summed E-state index contributed by atoms with van der Waals surface area (Å²) < 4.78 is 1.32. The zero-order valence-corrected chi connectivity index (χ0v) is 16.5. The Hall–Kier alpha value is -2.58. The van der Waals surface area contributed by atoms with E-state index in [9.17, 15) is 14.7 Å². The van der Waals surface area contributed by atoms with E-state index in [1.807, 2.05) is 29.6 Å². The van der Waals surface area contributed by atoms with Crippen molar-refractivity contribution in [3.63, 3.8) is 0 Å². The average Bonchev–Trinajstić information content (AvgIpc) is 3.32. The number of aromatic nitrogens is 2. The van der Waals surface area contributed by atoms with Crippen molar-refractivity contribution in [1.29, 1.82) is 0 Å². The Morgan fingerprint density at radius 3 is 2.74 bits per heavy atom. The van der Waals surface area contributed by atoms with Crippen molar-refractivity contribution in [1.82, 2.24) is 9.78 Å². The molecule has 0 aliphatic heterocycles. The summed E-state index contributed by atoms with van der Waals surface area (Å²) in [6.45, 7) is 3.09. The number of carbonyl (C=O) groups excluding carboxylic acids is 1. The number of amides is 1. The molecule has 0 aliphatic carbocycles. The number of aliphatic carboxylic acids is 1. The standard InChI is InChI=1S/C19H19N3O3S2/c1-19(2,18(24)25)22-11-13(10-20-22)21-17(23)15-7-3-4-8-16(15)27-12-14-6-5-9-26-14/h3-11H,12H2,1-2H3,(H,21,23)(H,24,25). The minimum Gasteiger partial charge on any atom is -0.479 e. The van der Waals surface area contributed by atoms with Gasteiger partial charge >= 0.3 is 5.97 Å². The van der Waals surface area contributed by atoms with Gasteiger partial charge in [0, 0.05) is 21.7 Å². The van der Waals surface area contributed by atoms with Crippen molar-refractivity contribution in [2.75, 3.05) is 5.32 Å². The molecule has 2 aromatic heterocycles. The minimum atomic E-state index is -1.20. The van der Waals surface area contributed by atoms with Gasteiger partial charge < -0.3 is 10.4 Å². The fourth-order valence-corrected chi connectivity index (χ4v) is 4.14. The Morgan fingerprint density at radius 2 is 2.04 bits per heavy atom. The van der Waals surface area contributed by atoms with Crippen LogP contribution in [0, 0.1) is 0 Å². The second-order valence-corrected chi connectivity index (χ2v) is 8.41. The van der Waals surface area contributed by atoms with Gasteiger partial charge in [-0.15, -0.1) is 23.1 Å². The minimum absolute atomic E-state index is 0.253. The number of anilines is 1. The van der Waals surface area contributed by atoms with Crippen molar-refractivity contribution in [2.24, 2.45) is 0 Å². The maximum absolute atomic E-state index is 12.7. The van der Waals surface area contributed by atoms with Crippen LogP contribution in [0.3, 0.4) is 0 Å². The largest absolute Gasteiger partial charge is 0.479 e. The average molecular weight is 402 g/mol. The highest BCUT2D eigenvalue weighted by Crippen LogP contribution is 2.28. The van der Waals surface area contributed by atoms with Crippen LogP contribution in [0.5, 0.6) is 0 Å². The van der Waals surface area contributed by atoms with E-state index in [0.29, 0.717) is 11.3 Å². The number of benzene rings is 1. The van der Waals surface area contributed by atoms with Gasteiger partial charge in [0.1, 0.15) is 0 Å². The lowest BCUT2D eigenvalue weighted by molar-refractivity contribution is -0.146. The van der Waals surface area contributed by atoms with Crippen LogP contribution in [0.4, 0.5) is 5.69 Å². The van der Waals surface area contributed by atoms with E-state index < -0.39 is 11.5 Å². The molecule has 0 bridgehead atoms. The zero-order valence-electron chi connectivity index (χ0n) is 14.9. The topological polar surface area (TPSA) is 84.2 Å². The van der Waals surface area contributed by atoms with E-state index in [1.54, 1.807) is 43.0 Å². The molecule has 1 aromatic carbocycles. The summed E-state index contributed by atoms with van der Waals surface area (Å²) in [6.07, 6.45) is 2.97. The second-order valence-electron chi connectivity index (χ2n) is 6.36. The first-order chi connectivity index (χ1) is 12.9. The third-order valence-electron chi connectivity index (χ3n) is 4.02. The molecule has 0 atom stereocenters. The lowest BCUT2D eigenvalue weighted by atomic mass is 10.1. The monoisotopic (exact) mass is 401 g/mol. The van der Waals surface area contributed by atoms with Crippen molar-refractivity contribution in [3.05, 3.63) is 64.6 Å². The van der Waals surface area contributed by atoms with Gasteiger partial charge in [-0.3, -0.25) is 9.48 Å². The highest BCUT2D eigenvalue weighted by Gasteiger charge is 2.30. The molecule has 0 aliphatic rings. The van der Waals surface area contributed by atoms with Gasteiger partial charge in [-0.2, -0.15) is 5.10 Å². The Balaban J connectivity index is 1.73. The molecule has 1 amide bonds. The summed E-state index contributed by atoms with van der Waals surface area (Å²) >= 11 is 3.29. The van der Waals surface area contributed by atoms with Gasteiger partial charge in [-0.1, -0.05) is 18.2 Å². The molecule has 27 heavy (non-hydrogen) atoms. The summed E-state index contributed by atoms with van der Waals surface area (Å²) in [7, 11) is 0. The summed E-state index contributed by atoms with van der Waals surface area (Å²) in [5.74, 6) is -0.456. The lowest BCUT2D eigenvalue weighted by Gasteiger charge is -2.19. The van der Waals surface area contributed by atoms with Gasteiger partial charge in [-0.25, -0.2) is 4.79 Å². The summed E-state index contributed by atoms with van der Waals surface area (Å²) in [5.41, 5.74) is -0.172. The molecule has 140 valence electrons. The molecule has 3 rings (SSSR count). The van der Waals surface area contributed by atoms with Crippen LogP contribution in [-0.4, -0.2) is 26.8 Å². The van der Waals surface area contributed by atoms with Crippen LogP contribution in [0.25, 0.3) is 0 Å². The molecule has 3 aromatic rings. The van der Waals surface area contributed by atoms with Crippen LogP contribution in [-0.2, 0) is 16.1 Å². The maximum atomic E-state index is 12.7. The van der Waals surface area contributed by atoms with E-state index in [0.717, 1.165) is 10.6 Å². The number of nitrogens with zero attached hydrogens (tertiary/aromatic N) is 2. The van der Waals surface area contributed by atoms with Crippen LogP contribution in [0.1, 0.15) is 29.1 Å². The maximum Gasteiger partial charge on any atom is 0.331 e. The third-order valence-corrected chi connectivity index (χ3v) is 6.20. The lowest BCUT2D eigenvalue weighted by Crippen LogP contribution is -2.35. The SMILES string of the molecule is CC(C)(C(=O)O)n1cc(NC(=O)c2ccccc2SCc2cccs2)cn1. The van der Waals surface area contributed by atoms with E-state index in [4.69, 9.17) is 0 Å². The second kappa shape index (κ2) is 7.98. The highest BCUT2D eigenvalue weighted by atomic mass is 32.2. The Labute approximate surface area is 165 Å². The molecule has 0 saturated heterocycles. The summed E-state index contributed by atoms with van der Waals surface area (Å²) in [5, 5.41) is 18.2. The van der Waals surface area contributed by atoms with E-state index in [2.05, 4.69) is 16.5 Å². The quantitative estimate of drug-likeness (QED) is 0.576. The fourth-order valence-electron chi connectivity index (χ4n) is 2.31. The number of rotatable bonds is 7. The zero-order chi connectivity index (χ0) is 19.4. The molecule has 0 radical (unpaired) electrons. The summed E-state index contributed by atoms with van der Waals surface area (Å²) in [4.78, 5) is 26.2. The van der Waals surface area contributed by atoms with Gasteiger partial charge in [0.05, 0.1) is 17.4 Å². The first kappa shape index (κ1) is 19.2. The van der Waals surface area contributed by atoms with Gasteiger partial charge in [0.15, 0.2) is 5.54 Å². The normalized spacial score (nSPS) is 11.3. The van der Waals surface area contributed by atoms with Crippen LogP contribution >= 0.6 is 23.1 Å². The van der Waals surface area contributed by atoms with Crippen molar-refractivity contribution in [3.8, 4) is 0 Å². The van der Waals surface area contributed by atoms with Gasteiger partial charge in [0.2, 0.25) is 0 Å². The van der Waals surface area contributed by atoms with E-state index in [1.165, 1.54) is 22.0 Å². The Kier molecular flexibility index (Phi) is 5.67. The Morgan fingerprint density at radius 1 is 1.26 bits per heavy atom. The van der Waals surface area contributed by atoms with Crippen molar-refractivity contribution < 1.29 is 14.7 Å². The van der Waals surface area contributed by atoms with E-state index >= 15 is 0 Å². The Bertz CT molecular complexity index is 949. The molecule has 0 fully saturated rings. The molecule has 2 heterocycles. The molecule has 6 nitrogen and oxygen atoms in total. The molecule has 2 N–H and O–H groups in total. The molecule has 8 heteroatoms. The number of thiophene rings is 1. The fraction of sp³-hybridized carbons (Fsp3) is 0.211. The highest BCUT2D eigenvalue weighted by molar-refractivity contribution is 7.98. The first-order valence-electron chi connectivity index (χ1n) is 8.22. The number of carbonyl (C=O) groups is 2. The van der Waals surface area contributed by atoms with Crippen molar-refractivity contribution in [2.45, 2.75) is 30.0 Å². The number of hydrogen-bond acceptors (Lipinski definition) is 5. The molecular weight excluding hydrogens is 382 g/mol. The third kappa shape index (κ3) is 4.40. The molecule has 0 saturated carbocycles. The van der Waals surface area contributed by atoms with Crippen LogP contribution in [0.2, 0.25) is 0 Å². The number of hydrogen-bond donors (Lipinski definition) is 2. The number of carboxylic acids is 1. The smallest absolute Gasteiger partial charge is 0.331 e. The number of thioether (sulfide) groups is 1. The molecule has 0 unspecified atom stereocenters. The predicted octanol–water partition coefficient (Wildman–Crippen LogP) is 4.31. The van der Waals surface area contributed by atoms with Crippen LogP contribution in [0.15, 0.2) is 59.1 Å². The first-order valence-corrected chi connectivity index (χ1v) is 10.1. The molecular formula is C19H19N3O3S2. The van der Waals surface area contributed by atoms with Gasteiger partial charge in [-0.05, 0) is 37.4 Å².